The molecule has 0 aliphatic carbocycles. The molecular formula is C10H12BrN3O. The van der Waals surface area contributed by atoms with Gasteiger partial charge in [0.15, 0.2) is 5.65 Å². The molecule has 80 valence electrons. The number of aliphatic hydroxyl groups is 1. The van der Waals surface area contributed by atoms with Crippen molar-refractivity contribution in [2.75, 3.05) is 0 Å². The highest BCUT2D eigenvalue weighted by Crippen LogP contribution is 2.22. The molecule has 0 amide bonds. The van der Waals surface area contributed by atoms with E-state index in [-0.39, 0.29) is 0 Å². The van der Waals surface area contributed by atoms with Crippen molar-refractivity contribution in [3.8, 4) is 0 Å². The summed E-state index contributed by atoms with van der Waals surface area (Å²) in [5, 5.41) is 14.9. The number of rotatable bonds is 2. The first-order valence-electron chi connectivity index (χ1n) is 4.66. The third-order valence-electron chi connectivity index (χ3n) is 2.02. The van der Waals surface area contributed by atoms with E-state index in [0.717, 1.165) is 15.5 Å². The summed E-state index contributed by atoms with van der Waals surface area (Å²) in [5.41, 5.74) is -0.00495. The lowest BCUT2D eigenvalue weighted by atomic mass is 10.1. The normalized spacial score (nSPS) is 12.3. The van der Waals surface area contributed by atoms with Crippen molar-refractivity contribution in [3.63, 3.8) is 0 Å². The highest BCUT2D eigenvalue weighted by molar-refractivity contribution is 9.10. The van der Waals surface area contributed by atoms with Crippen molar-refractivity contribution in [1.82, 2.24) is 14.8 Å². The van der Waals surface area contributed by atoms with E-state index < -0.39 is 5.60 Å². The van der Waals surface area contributed by atoms with Crippen molar-refractivity contribution in [1.29, 1.82) is 0 Å². The van der Waals surface area contributed by atoms with Gasteiger partial charge in [0, 0.05) is 10.7 Å². The van der Waals surface area contributed by atoms with Crippen LogP contribution in [-0.4, -0.2) is 25.5 Å². The third-order valence-corrected chi connectivity index (χ3v) is 2.71. The minimum atomic E-state index is -0.789. The predicted octanol–water partition coefficient (Wildman–Crippen LogP) is 1.96. The summed E-state index contributed by atoms with van der Waals surface area (Å²) in [7, 11) is 0. The molecule has 0 saturated heterocycles. The molecule has 0 fully saturated rings. The second kappa shape index (κ2) is 3.57. The van der Waals surface area contributed by atoms with E-state index in [4.69, 9.17) is 0 Å². The van der Waals surface area contributed by atoms with Crippen LogP contribution in [0.3, 0.4) is 0 Å². The summed E-state index contributed by atoms with van der Waals surface area (Å²) in [5.74, 6) is 0. The van der Waals surface area contributed by atoms with Crippen LogP contribution in [0.25, 0.3) is 11.0 Å². The van der Waals surface area contributed by atoms with Gasteiger partial charge in [-0.2, -0.15) is 5.10 Å². The highest BCUT2D eigenvalue weighted by Gasteiger charge is 2.16. The number of nitrogens with zero attached hydrogens (tertiary/aromatic N) is 3. The largest absolute Gasteiger partial charge is 0.389 e. The Hall–Kier alpha value is -0.940. The minimum Gasteiger partial charge on any atom is -0.389 e. The van der Waals surface area contributed by atoms with Crippen molar-refractivity contribution < 1.29 is 5.11 Å². The van der Waals surface area contributed by atoms with Gasteiger partial charge < -0.3 is 5.11 Å². The molecule has 0 bridgehead atoms. The average Bonchev–Trinajstić information content (AvgIpc) is 2.48. The zero-order valence-electron chi connectivity index (χ0n) is 8.61. The monoisotopic (exact) mass is 269 g/mol. The summed E-state index contributed by atoms with van der Waals surface area (Å²) >= 11 is 3.43. The Morgan fingerprint density at radius 2 is 2.27 bits per heavy atom. The van der Waals surface area contributed by atoms with Gasteiger partial charge in [0.25, 0.3) is 0 Å². The first kappa shape index (κ1) is 10.6. The second-order valence-corrected chi connectivity index (χ2v) is 5.00. The molecule has 0 spiro atoms. The molecule has 0 aliphatic rings. The minimum absolute atomic E-state index is 0.431. The zero-order chi connectivity index (χ0) is 11.1. The molecule has 5 heteroatoms. The summed E-state index contributed by atoms with van der Waals surface area (Å²) < 4.78 is 2.68. The zero-order valence-corrected chi connectivity index (χ0v) is 10.2. The van der Waals surface area contributed by atoms with Gasteiger partial charge in [-0.05, 0) is 35.8 Å². The Bertz CT molecular complexity index is 487. The fraction of sp³-hybridized carbons (Fsp3) is 0.400. The van der Waals surface area contributed by atoms with E-state index in [1.165, 1.54) is 0 Å². The van der Waals surface area contributed by atoms with Crippen molar-refractivity contribution in [2.45, 2.75) is 26.0 Å². The SMILES string of the molecule is CC(C)(O)Cn1ncc2c(Br)ccnc21. The quantitative estimate of drug-likeness (QED) is 0.907. The fourth-order valence-electron chi connectivity index (χ4n) is 1.43. The van der Waals surface area contributed by atoms with Gasteiger partial charge in [0.05, 0.1) is 23.7 Å². The molecule has 0 aromatic carbocycles. The van der Waals surface area contributed by atoms with Gasteiger partial charge in [-0.1, -0.05) is 0 Å². The van der Waals surface area contributed by atoms with Gasteiger partial charge in [0.2, 0.25) is 0 Å². The van der Waals surface area contributed by atoms with Gasteiger partial charge in [0.1, 0.15) is 0 Å². The summed E-state index contributed by atoms with van der Waals surface area (Å²) in [4.78, 5) is 4.25. The molecule has 2 heterocycles. The lowest BCUT2D eigenvalue weighted by Crippen LogP contribution is -2.26. The van der Waals surface area contributed by atoms with Crippen LogP contribution in [0.4, 0.5) is 0 Å². The number of fused-ring (bicyclic) bond motifs is 1. The van der Waals surface area contributed by atoms with E-state index >= 15 is 0 Å². The van der Waals surface area contributed by atoms with Gasteiger partial charge in [-0.25, -0.2) is 9.67 Å². The van der Waals surface area contributed by atoms with Crippen LogP contribution in [-0.2, 0) is 6.54 Å². The Balaban J connectivity index is 2.50. The summed E-state index contributed by atoms with van der Waals surface area (Å²) in [6.07, 6.45) is 3.47. The van der Waals surface area contributed by atoms with E-state index in [1.807, 2.05) is 6.07 Å². The van der Waals surface area contributed by atoms with E-state index in [0.29, 0.717) is 6.54 Å². The Labute approximate surface area is 96.1 Å². The van der Waals surface area contributed by atoms with Crippen molar-refractivity contribution in [3.05, 3.63) is 22.9 Å². The van der Waals surface area contributed by atoms with Gasteiger partial charge in [-0.3, -0.25) is 0 Å². The van der Waals surface area contributed by atoms with Crippen LogP contribution in [0.2, 0.25) is 0 Å². The maximum Gasteiger partial charge on any atom is 0.158 e. The number of hydrogen-bond donors (Lipinski definition) is 1. The smallest absolute Gasteiger partial charge is 0.158 e. The topological polar surface area (TPSA) is 50.9 Å². The molecule has 2 aromatic rings. The van der Waals surface area contributed by atoms with Crippen LogP contribution in [0.15, 0.2) is 22.9 Å². The molecule has 0 unspecified atom stereocenters. The number of aromatic nitrogens is 3. The van der Waals surface area contributed by atoms with Gasteiger partial charge in [-0.15, -0.1) is 0 Å². The highest BCUT2D eigenvalue weighted by atomic mass is 79.9. The first-order valence-corrected chi connectivity index (χ1v) is 5.45. The maximum absolute atomic E-state index is 9.72. The van der Waals surface area contributed by atoms with E-state index in [9.17, 15) is 5.11 Å². The van der Waals surface area contributed by atoms with E-state index in [1.54, 1.807) is 30.9 Å². The molecule has 0 saturated carbocycles. The third kappa shape index (κ3) is 2.18. The molecule has 2 rings (SSSR count). The summed E-state index contributed by atoms with van der Waals surface area (Å²) in [6.45, 7) is 3.93. The molecule has 0 radical (unpaired) electrons. The standard InChI is InChI=1S/C10H12BrN3O/c1-10(2,15)6-14-9-7(5-13-14)8(11)3-4-12-9/h3-5,15H,6H2,1-2H3. The lowest BCUT2D eigenvalue weighted by molar-refractivity contribution is 0.0589. The van der Waals surface area contributed by atoms with Crippen LogP contribution in [0, 0.1) is 0 Å². The van der Waals surface area contributed by atoms with Crippen molar-refractivity contribution >= 4 is 27.0 Å². The number of pyridine rings is 1. The molecular weight excluding hydrogens is 258 g/mol. The van der Waals surface area contributed by atoms with E-state index in [2.05, 4.69) is 26.0 Å². The van der Waals surface area contributed by atoms with Crippen LogP contribution < -0.4 is 0 Å². The Morgan fingerprint density at radius 1 is 1.53 bits per heavy atom. The lowest BCUT2D eigenvalue weighted by Gasteiger charge is -2.16. The average molecular weight is 270 g/mol. The van der Waals surface area contributed by atoms with Crippen molar-refractivity contribution in [2.24, 2.45) is 0 Å². The van der Waals surface area contributed by atoms with Gasteiger partial charge >= 0.3 is 0 Å². The number of hydrogen-bond acceptors (Lipinski definition) is 3. The summed E-state index contributed by atoms with van der Waals surface area (Å²) in [6, 6.07) is 1.87. The fourth-order valence-corrected chi connectivity index (χ4v) is 1.83. The maximum atomic E-state index is 9.72. The predicted molar refractivity (Wildman–Crippen MR) is 61.5 cm³/mol. The molecule has 2 aromatic heterocycles. The second-order valence-electron chi connectivity index (χ2n) is 4.14. The number of halogens is 1. The Kier molecular flexibility index (Phi) is 2.52. The molecule has 4 nitrogen and oxygen atoms in total. The Morgan fingerprint density at radius 3 is 2.93 bits per heavy atom. The van der Waals surface area contributed by atoms with Crippen LogP contribution in [0.1, 0.15) is 13.8 Å². The molecule has 0 aliphatic heterocycles. The van der Waals surface area contributed by atoms with Crippen LogP contribution >= 0.6 is 15.9 Å². The first-order chi connectivity index (χ1) is 6.97. The molecule has 15 heavy (non-hydrogen) atoms. The molecule has 0 atom stereocenters. The molecule has 1 N–H and O–H groups in total. The van der Waals surface area contributed by atoms with Crippen LogP contribution in [0.5, 0.6) is 0 Å².